The van der Waals surface area contributed by atoms with Crippen molar-refractivity contribution >= 4 is 11.9 Å². The van der Waals surface area contributed by atoms with Crippen LogP contribution in [0.1, 0.15) is 58.3 Å². The Morgan fingerprint density at radius 2 is 1.81 bits per heavy atom. The van der Waals surface area contributed by atoms with Gasteiger partial charge in [0, 0.05) is 13.0 Å². The summed E-state index contributed by atoms with van der Waals surface area (Å²) in [6, 6.07) is -0.569. The van der Waals surface area contributed by atoms with Gasteiger partial charge in [0.1, 0.15) is 0 Å². The van der Waals surface area contributed by atoms with Gasteiger partial charge in [-0.05, 0) is 6.42 Å². The first kappa shape index (κ1) is 18.0. The third kappa shape index (κ3) is 6.46. The summed E-state index contributed by atoms with van der Waals surface area (Å²) in [5, 5.41) is 0. The second-order valence-corrected chi connectivity index (χ2v) is 5.57. The highest BCUT2D eigenvalue weighted by molar-refractivity contribution is 5.84. The topological polar surface area (TPSA) is 55.8 Å². The molecule has 0 N–H and O–H groups in total. The Kier molecular flexibility index (Phi) is 9.06. The predicted molar refractivity (Wildman–Crippen MR) is 80.9 cm³/mol. The SMILES string of the molecule is CCCCCCCCCC(=O)N1CCOCC1C(=O)OC. The van der Waals surface area contributed by atoms with Crippen molar-refractivity contribution in [2.75, 3.05) is 26.9 Å². The molecule has 0 aliphatic carbocycles. The smallest absolute Gasteiger partial charge is 0.331 e. The molecular formula is C16H29NO4. The van der Waals surface area contributed by atoms with Gasteiger partial charge in [0.15, 0.2) is 6.04 Å². The first-order valence-electron chi connectivity index (χ1n) is 8.15. The van der Waals surface area contributed by atoms with E-state index in [0.29, 0.717) is 19.6 Å². The van der Waals surface area contributed by atoms with Gasteiger partial charge in [-0.3, -0.25) is 4.79 Å². The molecule has 0 spiro atoms. The van der Waals surface area contributed by atoms with Gasteiger partial charge < -0.3 is 14.4 Å². The maximum Gasteiger partial charge on any atom is 0.331 e. The molecule has 1 amide bonds. The van der Waals surface area contributed by atoms with E-state index in [0.717, 1.165) is 12.8 Å². The molecule has 1 fully saturated rings. The van der Waals surface area contributed by atoms with E-state index in [-0.39, 0.29) is 18.5 Å². The van der Waals surface area contributed by atoms with E-state index in [1.54, 1.807) is 4.90 Å². The summed E-state index contributed by atoms with van der Waals surface area (Å²) in [5.74, 6) is -0.343. The van der Waals surface area contributed by atoms with Crippen molar-refractivity contribution in [3.05, 3.63) is 0 Å². The van der Waals surface area contributed by atoms with Crippen LogP contribution in [0.2, 0.25) is 0 Å². The summed E-state index contributed by atoms with van der Waals surface area (Å²) >= 11 is 0. The first-order chi connectivity index (χ1) is 10.2. The number of hydrogen-bond acceptors (Lipinski definition) is 4. The van der Waals surface area contributed by atoms with E-state index in [1.165, 1.54) is 39.2 Å². The van der Waals surface area contributed by atoms with Crippen LogP contribution in [0.3, 0.4) is 0 Å². The molecule has 1 aliphatic rings. The molecule has 122 valence electrons. The zero-order chi connectivity index (χ0) is 15.5. The van der Waals surface area contributed by atoms with Crippen molar-refractivity contribution in [2.24, 2.45) is 0 Å². The Balaban J connectivity index is 2.24. The van der Waals surface area contributed by atoms with Gasteiger partial charge in [0.2, 0.25) is 5.91 Å². The molecule has 1 saturated heterocycles. The van der Waals surface area contributed by atoms with Crippen molar-refractivity contribution in [3.8, 4) is 0 Å². The number of methoxy groups -OCH3 is 1. The second-order valence-electron chi connectivity index (χ2n) is 5.57. The van der Waals surface area contributed by atoms with Crippen molar-refractivity contribution < 1.29 is 19.1 Å². The Morgan fingerprint density at radius 1 is 1.14 bits per heavy atom. The molecule has 1 unspecified atom stereocenters. The van der Waals surface area contributed by atoms with Crippen LogP contribution in [0.5, 0.6) is 0 Å². The molecule has 21 heavy (non-hydrogen) atoms. The number of unbranched alkanes of at least 4 members (excludes halogenated alkanes) is 6. The lowest BCUT2D eigenvalue weighted by Crippen LogP contribution is -2.52. The summed E-state index contributed by atoms with van der Waals surface area (Å²) < 4.78 is 10.0. The number of rotatable bonds is 9. The molecule has 5 nitrogen and oxygen atoms in total. The van der Waals surface area contributed by atoms with E-state index in [1.807, 2.05) is 0 Å². The van der Waals surface area contributed by atoms with Gasteiger partial charge in [-0.25, -0.2) is 4.79 Å². The zero-order valence-electron chi connectivity index (χ0n) is 13.4. The normalized spacial score (nSPS) is 18.6. The Hall–Kier alpha value is -1.10. The molecule has 5 heteroatoms. The van der Waals surface area contributed by atoms with Crippen LogP contribution in [-0.2, 0) is 19.1 Å². The van der Waals surface area contributed by atoms with E-state index < -0.39 is 6.04 Å². The fourth-order valence-corrected chi connectivity index (χ4v) is 2.61. The molecule has 1 atom stereocenters. The fourth-order valence-electron chi connectivity index (χ4n) is 2.61. The van der Waals surface area contributed by atoms with Crippen LogP contribution in [0, 0.1) is 0 Å². The number of esters is 1. The molecule has 0 aromatic heterocycles. The standard InChI is InChI=1S/C16H29NO4/c1-3-4-5-6-7-8-9-10-15(18)17-11-12-21-13-14(17)16(19)20-2/h14H,3-13H2,1-2H3. The summed E-state index contributed by atoms with van der Waals surface area (Å²) in [7, 11) is 1.34. The number of amides is 1. The molecule has 1 heterocycles. The molecule has 0 aromatic rings. The Labute approximate surface area is 128 Å². The van der Waals surface area contributed by atoms with Crippen LogP contribution in [0.25, 0.3) is 0 Å². The number of hydrogen-bond donors (Lipinski definition) is 0. The lowest BCUT2D eigenvalue weighted by Gasteiger charge is -2.33. The number of carbonyl (C=O) groups is 2. The van der Waals surface area contributed by atoms with Crippen LogP contribution in [0.4, 0.5) is 0 Å². The second kappa shape index (κ2) is 10.6. The average Bonchev–Trinajstić information content (AvgIpc) is 2.53. The molecule has 0 aromatic carbocycles. The van der Waals surface area contributed by atoms with Crippen LogP contribution in [0.15, 0.2) is 0 Å². The Bertz CT molecular complexity index is 319. The van der Waals surface area contributed by atoms with Gasteiger partial charge in [0.05, 0.1) is 20.3 Å². The molecule has 0 saturated carbocycles. The average molecular weight is 299 g/mol. The zero-order valence-corrected chi connectivity index (χ0v) is 13.4. The maximum atomic E-state index is 12.2. The summed E-state index contributed by atoms with van der Waals surface area (Å²) in [4.78, 5) is 25.5. The largest absolute Gasteiger partial charge is 0.467 e. The highest BCUT2D eigenvalue weighted by atomic mass is 16.5. The minimum Gasteiger partial charge on any atom is -0.467 e. The molecule has 1 rings (SSSR count). The van der Waals surface area contributed by atoms with Crippen LogP contribution in [-0.4, -0.2) is 49.7 Å². The summed E-state index contributed by atoms with van der Waals surface area (Å²) in [6.45, 7) is 3.43. The molecule has 0 bridgehead atoms. The third-order valence-electron chi connectivity index (χ3n) is 3.92. The lowest BCUT2D eigenvalue weighted by atomic mass is 10.1. The number of carbonyl (C=O) groups excluding carboxylic acids is 2. The van der Waals surface area contributed by atoms with E-state index in [2.05, 4.69) is 6.92 Å². The van der Waals surface area contributed by atoms with Gasteiger partial charge in [-0.1, -0.05) is 45.4 Å². The van der Waals surface area contributed by atoms with E-state index in [9.17, 15) is 9.59 Å². The minimum absolute atomic E-state index is 0.0438. The molecular weight excluding hydrogens is 270 g/mol. The highest BCUT2D eigenvalue weighted by Crippen LogP contribution is 2.14. The van der Waals surface area contributed by atoms with Crippen LogP contribution < -0.4 is 0 Å². The number of morpholine rings is 1. The number of nitrogens with zero attached hydrogens (tertiary/aromatic N) is 1. The third-order valence-corrected chi connectivity index (χ3v) is 3.92. The quantitative estimate of drug-likeness (QED) is 0.485. The predicted octanol–water partition coefficient (Wildman–Crippen LogP) is 2.53. The van der Waals surface area contributed by atoms with Crippen LogP contribution >= 0.6 is 0 Å². The first-order valence-corrected chi connectivity index (χ1v) is 8.15. The number of ether oxygens (including phenoxy) is 2. The van der Waals surface area contributed by atoms with Gasteiger partial charge in [0.25, 0.3) is 0 Å². The van der Waals surface area contributed by atoms with Crippen molar-refractivity contribution in [1.82, 2.24) is 4.90 Å². The summed E-state index contributed by atoms with van der Waals surface area (Å²) in [5.41, 5.74) is 0. The van der Waals surface area contributed by atoms with Crippen molar-refractivity contribution in [1.29, 1.82) is 0 Å². The Morgan fingerprint density at radius 3 is 2.48 bits per heavy atom. The molecule has 0 radical (unpaired) electrons. The fraction of sp³-hybridized carbons (Fsp3) is 0.875. The molecule has 1 aliphatic heterocycles. The van der Waals surface area contributed by atoms with Gasteiger partial charge >= 0.3 is 5.97 Å². The maximum absolute atomic E-state index is 12.2. The van der Waals surface area contributed by atoms with Gasteiger partial charge in [-0.2, -0.15) is 0 Å². The highest BCUT2D eigenvalue weighted by Gasteiger charge is 2.33. The van der Waals surface area contributed by atoms with Crippen molar-refractivity contribution in [2.45, 2.75) is 64.3 Å². The lowest BCUT2D eigenvalue weighted by molar-refractivity contribution is -0.160. The monoisotopic (exact) mass is 299 g/mol. The summed E-state index contributed by atoms with van der Waals surface area (Å²) in [6.07, 6.45) is 8.79. The van der Waals surface area contributed by atoms with Crippen molar-refractivity contribution in [3.63, 3.8) is 0 Å². The van der Waals surface area contributed by atoms with E-state index >= 15 is 0 Å². The minimum atomic E-state index is -0.569. The van der Waals surface area contributed by atoms with E-state index in [4.69, 9.17) is 9.47 Å². The van der Waals surface area contributed by atoms with Gasteiger partial charge in [-0.15, -0.1) is 0 Å².